The van der Waals surface area contributed by atoms with Crippen LogP contribution in [0.3, 0.4) is 0 Å². The molecule has 5 aromatic rings. The van der Waals surface area contributed by atoms with E-state index in [0.717, 1.165) is 0 Å². The fourth-order valence-corrected chi connectivity index (χ4v) is 12.8. The predicted octanol–water partition coefficient (Wildman–Crippen LogP) is -0.790. The summed E-state index contributed by atoms with van der Waals surface area (Å²) in [5.74, 6) is -17.5. The van der Waals surface area contributed by atoms with Crippen LogP contribution >= 0.6 is 0 Å². The van der Waals surface area contributed by atoms with Crippen LogP contribution in [0.2, 0.25) is 0 Å². The Morgan fingerprint density at radius 1 is 0.522 bits per heavy atom. The molecule has 2 saturated heterocycles. The van der Waals surface area contributed by atoms with Crippen molar-refractivity contribution in [1.82, 2.24) is 84.0 Å². The van der Waals surface area contributed by atoms with Crippen LogP contribution in [0.1, 0.15) is 115 Å². The second-order valence-electron chi connectivity index (χ2n) is 28.9. The summed E-state index contributed by atoms with van der Waals surface area (Å²) in [5.41, 5.74) is 2.38. The molecule has 14 amide bonds. The molecule has 0 aliphatic carbocycles. The van der Waals surface area contributed by atoms with Gasteiger partial charge in [-0.15, -0.1) is 0 Å². The second-order valence-corrected chi connectivity index (χ2v) is 28.9. The molecule has 13 unspecified atom stereocenters. The first-order valence-corrected chi connectivity index (χ1v) is 37.6. The van der Waals surface area contributed by atoms with Gasteiger partial charge in [0.1, 0.15) is 72.5 Å². The molecule has 2 aliphatic rings. The highest BCUT2D eigenvalue weighted by Gasteiger charge is 2.42. The van der Waals surface area contributed by atoms with Crippen LogP contribution in [0.4, 0.5) is 0 Å². The maximum Gasteiger partial charge on any atom is 0.326 e. The van der Waals surface area contributed by atoms with Crippen molar-refractivity contribution in [3.8, 4) is 0 Å². The summed E-state index contributed by atoms with van der Waals surface area (Å²) < 4.78 is 0. The largest absolute Gasteiger partial charge is 0.481 e. The van der Waals surface area contributed by atoms with E-state index in [2.05, 4.69) is 79.1 Å². The Labute approximate surface area is 653 Å². The molecule has 2 fully saturated rings. The molecule has 4 aromatic carbocycles. The first-order chi connectivity index (χ1) is 53.9. The molecule has 34 nitrogen and oxygen atoms in total. The van der Waals surface area contributed by atoms with Gasteiger partial charge in [0, 0.05) is 44.8 Å². The highest BCUT2D eigenvalue weighted by molar-refractivity contribution is 6.01. The summed E-state index contributed by atoms with van der Waals surface area (Å²) in [4.78, 5) is 234. The molecule has 7 rings (SSSR count). The average molecular weight is 1560 g/mol. The molecular weight excluding hydrogens is 1460 g/mol. The number of carbonyl (C=O) groups is 16. The van der Waals surface area contributed by atoms with E-state index in [1.807, 2.05) is 0 Å². The van der Waals surface area contributed by atoms with Gasteiger partial charge in [-0.1, -0.05) is 169 Å². The lowest BCUT2D eigenvalue weighted by Gasteiger charge is -2.30. The van der Waals surface area contributed by atoms with Crippen LogP contribution in [-0.2, 0) is 109 Å². The molecule has 0 bridgehead atoms. The van der Waals surface area contributed by atoms with Gasteiger partial charge in [0.25, 0.3) is 0 Å². The first-order valence-electron chi connectivity index (χ1n) is 37.6. The molecule has 34 heteroatoms. The highest BCUT2D eigenvalue weighted by atomic mass is 16.4. The second kappa shape index (κ2) is 43.3. The van der Waals surface area contributed by atoms with Crippen LogP contribution in [0.15, 0.2) is 134 Å². The molecule has 606 valence electrons. The van der Waals surface area contributed by atoms with Gasteiger partial charge in [-0.3, -0.25) is 71.9 Å². The number of nitrogens with one attached hydrogen (secondary N) is 14. The zero-order valence-corrected chi connectivity index (χ0v) is 64.1. The number of aromatic amines is 1. The van der Waals surface area contributed by atoms with Gasteiger partial charge in [-0.2, -0.15) is 0 Å². The molecule has 0 saturated carbocycles. The first kappa shape index (κ1) is 87.8. The molecule has 1 aromatic heterocycles. The number of carboxylic acid groups (broad SMARTS) is 2. The van der Waals surface area contributed by atoms with Crippen molar-refractivity contribution in [1.29, 1.82) is 0 Å². The van der Waals surface area contributed by atoms with E-state index in [9.17, 15) is 72.5 Å². The Kier molecular flexibility index (Phi) is 33.6. The van der Waals surface area contributed by atoms with Crippen molar-refractivity contribution in [2.24, 2.45) is 17.8 Å². The molecule has 16 N–H and O–H groups in total. The third kappa shape index (κ3) is 27.8. The normalized spacial score (nSPS) is 20.2. The monoisotopic (exact) mass is 1560 g/mol. The van der Waals surface area contributed by atoms with Crippen molar-refractivity contribution in [3.05, 3.63) is 162 Å². The van der Waals surface area contributed by atoms with Crippen LogP contribution in [0.25, 0.3) is 0 Å². The topological polar surface area (TPSA) is 502 Å². The summed E-state index contributed by atoms with van der Waals surface area (Å²) in [6.45, 7) is 10.1. The Bertz CT molecular complexity index is 4140. The van der Waals surface area contributed by atoms with Gasteiger partial charge in [-0.25, -0.2) is 9.78 Å². The van der Waals surface area contributed by atoms with Crippen LogP contribution in [0.5, 0.6) is 0 Å². The number of fused-ring (bicyclic) bond motifs is 1. The van der Waals surface area contributed by atoms with Crippen molar-refractivity contribution < 1.29 is 86.9 Å². The van der Waals surface area contributed by atoms with Crippen molar-refractivity contribution in [2.45, 2.75) is 192 Å². The summed E-state index contributed by atoms with van der Waals surface area (Å²) in [6.07, 6.45) is 0.553. The van der Waals surface area contributed by atoms with Gasteiger partial charge < -0.3 is 89.2 Å². The number of carboxylic acids is 2. The molecular formula is C79H102N16O18. The van der Waals surface area contributed by atoms with E-state index in [4.69, 9.17) is 0 Å². The summed E-state index contributed by atoms with van der Waals surface area (Å²) in [5, 5.41) is 52.8. The molecule has 2 aliphatic heterocycles. The number of hydrogen-bond donors (Lipinski definition) is 16. The summed E-state index contributed by atoms with van der Waals surface area (Å²) in [6, 6.07) is 15.5. The number of benzene rings is 4. The maximum atomic E-state index is 15.3. The number of imidazole rings is 1. The number of hydrogen-bond acceptors (Lipinski definition) is 17. The Morgan fingerprint density at radius 2 is 1.02 bits per heavy atom. The predicted molar refractivity (Wildman–Crippen MR) is 409 cm³/mol. The fraction of sp³-hybridized carbons (Fsp3) is 0.456. The van der Waals surface area contributed by atoms with Crippen molar-refractivity contribution in [3.63, 3.8) is 0 Å². The van der Waals surface area contributed by atoms with Crippen LogP contribution in [0, 0.1) is 17.8 Å². The fourth-order valence-electron chi connectivity index (χ4n) is 12.8. The minimum absolute atomic E-state index is 0.00796. The number of carbonyl (C=O) groups excluding carboxylic acids is 14. The third-order valence-corrected chi connectivity index (χ3v) is 19.1. The number of nitrogens with zero attached hydrogens (tertiary/aromatic N) is 2. The van der Waals surface area contributed by atoms with Gasteiger partial charge in [-0.05, 0) is 66.2 Å². The van der Waals surface area contributed by atoms with Crippen LogP contribution in [-0.4, -0.2) is 212 Å². The molecule has 0 radical (unpaired) electrons. The zero-order valence-electron chi connectivity index (χ0n) is 64.1. The molecule has 13 atom stereocenters. The van der Waals surface area contributed by atoms with E-state index in [-0.39, 0.29) is 69.5 Å². The lowest BCUT2D eigenvalue weighted by Crippen LogP contribution is -2.62. The van der Waals surface area contributed by atoms with E-state index >= 15 is 14.4 Å². The van der Waals surface area contributed by atoms with Crippen LogP contribution < -0.4 is 69.1 Å². The number of aliphatic carboxylic acids is 2. The maximum absolute atomic E-state index is 15.3. The SMILES string of the molecule is CCC(C)C(NC(=O)C(Cc1ccccc1)NC(=O)C(Cc1ccccc1)NC(=O)C1CC(=O)NCC(=O)NC(C(C)C)C(=O)NCC(=O)NC(Cc2ccccc2)C(=O)N2CCCC2C(=O)NC(CC(C)C)C(=O)NC(C)C(=O)N1)C(=O)NC(Cc1c[nH]cn1)C(=O)NC(Cc1ccccc1)C(=O)NC(CC(=O)O)C(=O)O. The number of aromatic nitrogens is 2. The van der Waals surface area contributed by atoms with E-state index in [1.54, 1.807) is 163 Å². The van der Waals surface area contributed by atoms with Crippen molar-refractivity contribution in [2.75, 3.05) is 19.6 Å². The van der Waals surface area contributed by atoms with E-state index < -0.39 is 205 Å². The van der Waals surface area contributed by atoms with Gasteiger partial charge in [0.2, 0.25) is 82.7 Å². The minimum Gasteiger partial charge on any atom is -0.481 e. The third-order valence-electron chi connectivity index (χ3n) is 19.1. The lowest BCUT2D eigenvalue weighted by atomic mass is 9.96. The number of amides is 14. The lowest BCUT2D eigenvalue weighted by molar-refractivity contribution is -0.147. The Balaban J connectivity index is 1.17. The van der Waals surface area contributed by atoms with Gasteiger partial charge in [0.15, 0.2) is 0 Å². The highest BCUT2D eigenvalue weighted by Crippen LogP contribution is 2.22. The zero-order chi connectivity index (χ0) is 82.4. The molecule has 113 heavy (non-hydrogen) atoms. The Hall–Kier alpha value is -12.4. The Morgan fingerprint density at radius 3 is 1.52 bits per heavy atom. The average Bonchev–Trinajstić information content (AvgIpc) is 1.81. The van der Waals surface area contributed by atoms with Gasteiger partial charge in [0.05, 0.1) is 38.0 Å². The quantitative estimate of drug-likeness (QED) is 0.0268. The molecule has 3 heterocycles. The minimum atomic E-state index is -1.93. The summed E-state index contributed by atoms with van der Waals surface area (Å²) >= 11 is 0. The number of H-pyrrole nitrogens is 1. The molecule has 0 spiro atoms. The van der Waals surface area contributed by atoms with Crippen molar-refractivity contribution >= 4 is 94.6 Å². The van der Waals surface area contributed by atoms with E-state index in [0.29, 0.717) is 28.7 Å². The standard InChI is InChI=1S/C79H102N16O18/c1-8-46(6)67(77(110)91-57(37-52-40-80-43-83-52)72(105)87-55(34-49-24-15-10-16-25-49)71(104)92-60(79(112)113)39-65(99)100)94-74(107)56(35-50-26-17-11-18-27-50)89-70(103)54(33-48-22-13-9-14-23-48)88-73(106)58-38-62(96)81-41-64(98)93-66(45(4)5)76(109)82-42-63(97)85-59(36-51-28-19-12-20-29-51)78(111)95-31-21-30-61(95)75(108)90-53(32-44(2)3)69(102)84-47(7)68(101)86-58/h9-20,22-29,40,43-47,53-61,66-67H,8,21,30-39,41-42H2,1-7H3,(H,80,83)(H,81,96)(H,82,109)(H,84,102)(H,85,97)(H,86,101)(H,87,105)(H,88,106)(H,89,103)(H,90,108)(H,91,110)(H,92,104)(H,93,98)(H,94,107)(H,99,100)(H,112,113). The van der Waals surface area contributed by atoms with E-state index in [1.165, 1.54) is 24.3 Å². The number of rotatable bonds is 30. The smallest absolute Gasteiger partial charge is 0.326 e. The van der Waals surface area contributed by atoms with Gasteiger partial charge >= 0.3 is 11.9 Å². The summed E-state index contributed by atoms with van der Waals surface area (Å²) in [7, 11) is 0.